The molecule has 0 radical (unpaired) electrons. The molecule has 8 aromatic rings. The Bertz CT molecular complexity index is 4090. The van der Waals surface area contributed by atoms with E-state index < -0.39 is 51.4 Å². The van der Waals surface area contributed by atoms with Gasteiger partial charge in [0.1, 0.15) is 13.2 Å². The molecular weight excluding hydrogens is 1790 g/mol. The van der Waals surface area contributed by atoms with E-state index >= 15 is 0 Å². The maximum atomic E-state index is 12.3. The third-order valence-electron chi connectivity index (χ3n) is 22.2. The van der Waals surface area contributed by atoms with Crippen molar-refractivity contribution in [1.82, 2.24) is 4.90 Å². The molecule has 4 bridgehead atoms. The number of aliphatic carboxylic acids is 2. The molecule has 1 heterocycles. The van der Waals surface area contributed by atoms with Gasteiger partial charge >= 0.3 is 45.5 Å². The van der Waals surface area contributed by atoms with Gasteiger partial charge in [-0.1, -0.05) is 272 Å². The number of unbranched alkanes of at least 4 members (excludes halogenated alkanes) is 14. The summed E-state index contributed by atoms with van der Waals surface area (Å²) < 4.78 is 119. The molecular formula is C101H130F6INO14S3. The van der Waals surface area contributed by atoms with E-state index in [4.69, 9.17) is 24.4 Å². The second-order valence-corrected chi connectivity index (χ2v) is 43.4. The van der Waals surface area contributed by atoms with Crippen molar-refractivity contribution >= 4 is 55.8 Å². The van der Waals surface area contributed by atoms with Crippen LogP contribution >= 0.6 is 0 Å². The highest BCUT2D eigenvalue weighted by atomic mass is 127. The second-order valence-electron chi connectivity index (χ2n) is 34.8. The highest BCUT2D eigenvalue weighted by Gasteiger charge is 2.56. The number of nitrogens with zero attached hydrogens (tertiary/aromatic N) is 1. The van der Waals surface area contributed by atoms with Crippen molar-refractivity contribution in [1.29, 1.82) is 0 Å². The van der Waals surface area contributed by atoms with E-state index in [0.717, 1.165) is 65.0 Å². The highest BCUT2D eigenvalue weighted by molar-refractivity contribution is 7.97. The van der Waals surface area contributed by atoms with E-state index in [-0.39, 0.29) is 91.6 Å². The zero-order chi connectivity index (χ0) is 92.5. The summed E-state index contributed by atoms with van der Waals surface area (Å²) in [6, 6.07) is 82.7. The maximum Gasteiger partial charge on any atom is 0.422 e. The molecule has 2 N–H and O–H groups in total. The molecule has 126 heavy (non-hydrogen) atoms. The number of morpholine rings is 1. The van der Waals surface area contributed by atoms with Gasteiger partial charge in [0.2, 0.25) is 0 Å². The van der Waals surface area contributed by atoms with Crippen LogP contribution in [-0.4, -0.2) is 127 Å². The van der Waals surface area contributed by atoms with Gasteiger partial charge < -0.3 is 48.8 Å². The molecule has 0 amide bonds. The minimum absolute atomic E-state index is 0.0146. The smallest absolute Gasteiger partial charge is 0.422 e. The fourth-order valence-corrected chi connectivity index (χ4v) is 21.8. The van der Waals surface area contributed by atoms with Gasteiger partial charge in [-0.05, 0) is 196 Å². The molecule has 2 atom stereocenters. The largest absolute Gasteiger partial charge is 0.748 e. The third kappa shape index (κ3) is 38.2. The number of rotatable bonds is 33. The van der Waals surface area contributed by atoms with Crippen LogP contribution in [0.5, 0.6) is 0 Å². The van der Waals surface area contributed by atoms with Crippen molar-refractivity contribution in [2.24, 2.45) is 23.2 Å². The van der Waals surface area contributed by atoms with Crippen molar-refractivity contribution in [2.75, 3.05) is 51.8 Å². The summed E-state index contributed by atoms with van der Waals surface area (Å²) in [5.41, 5.74) is -4.57. The Labute approximate surface area is 760 Å². The molecule has 4 saturated carbocycles. The average Bonchev–Trinajstić information content (AvgIpc) is 0.740. The first-order chi connectivity index (χ1) is 59.6. The zero-order valence-electron chi connectivity index (χ0n) is 74.5. The highest BCUT2D eigenvalue weighted by Crippen LogP contribution is 2.60. The molecule has 4 aliphatic carbocycles. The average molecular weight is 1920 g/mol. The van der Waals surface area contributed by atoms with E-state index in [1.807, 2.05) is 0 Å². The first-order valence-corrected chi connectivity index (χ1v) is 50.0. The molecule has 2 unspecified atom stereocenters. The number of aliphatic hydroxyl groups is 2. The second kappa shape index (κ2) is 53.5. The van der Waals surface area contributed by atoms with Crippen LogP contribution in [0.2, 0.25) is 0 Å². The lowest BCUT2D eigenvalue weighted by atomic mass is 9.49. The number of ether oxygens (including phenoxy) is 3. The Morgan fingerprint density at radius 3 is 0.984 bits per heavy atom. The number of hydrogen-bond acceptors (Lipinski definition) is 15. The molecule has 690 valence electrons. The maximum absolute atomic E-state index is 12.3. The van der Waals surface area contributed by atoms with Crippen LogP contribution < -0.4 is 31.4 Å². The molecule has 5 aliphatic rings. The Kier molecular flexibility index (Phi) is 45.5. The van der Waals surface area contributed by atoms with Gasteiger partial charge in [-0.25, -0.2) is 8.42 Å². The molecule has 0 spiro atoms. The third-order valence-corrected chi connectivity index (χ3v) is 30.0. The van der Waals surface area contributed by atoms with Crippen LogP contribution in [0.15, 0.2) is 260 Å². The van der Waals surface area contributed by atoms with Crippen LogP contribution in [0.25, 0.3) is 0 Å². The summed E-state index contributed by atoms with van der Waals surface area (Å²) in [4.78, 5) is 53.7. The lowest BCUT2D eigenvalue weighted by Gasteiger charge is -2.55. The summed E-state index contributed by atoms with van der Waals surface area (Å²) in [6.45, 7) is 20.7. The van der Waals surface area contributed by atoms with Crippen molar-refractivity contribution in [3.63, 3.8) is 0 Å². The Morgan fingerprint density at radius 1 is 0.444 bits per heavy atom. The van der Waals surface area contributed by atoms with Crippen molar-refractivity contribution in [2.45, 2.75) is 267 Å². The van der Waals surface area contributed by atoms with E-state index in [9.17, 15) is 68.7 Å². The molecule has 0 aromatic heterocycles. The monoisotopic (exact) mass is 1920 g/mol. The van der Waals surface area contributed by atoms with Crippen LogP contribution in [0.3, 0.4) is 0 Å². The first kappa shape index (κ1) is 107. The molecule has 8 aromatic carbocycles. The zero-order valence-corrected chi connectivity index (χ0v) is 79.1. The summed E-state index contributed by atoms with van der Waals surface area (Å²) in [5, 5.41) is 35.5. The summed E-state index contributed by atoms with van der Waals surface area (Å²) in [5.74, 6) is -4.10. The van der Waals surface area contributed by atoms with Crippen LogP contribution in [-0.2, 0) is 76.1 Å². The number of esters is 2. The van der Waals surface area contributed by atoms with Crippen LogP contribution in [0.1, 0.15) is 215 Å². The normalized spacial score (nSPS) is 17.6. The predicted octanol–water partition coefficient (Wildman–Crippen LogP) is 17.5. The topological polar surface area (TPSA) is 243 Å². The Morgan fingerprint density at radius 2 is 0.730 bits per heavy atom. The minimum atomic E-state index is -5.19. The van der Waals surface area contributed by atoms with E-state index in [1.165, 1.54) is 150 Å². The van der Waals surface area contributed by atoms with Gasteiger partial charge in [0.25, 0.3) is 0 Å². The predicted molar refractivity (Wildman–Crippen MR) is 478 cm³/mol. The van der Waals surface area contributed by atoms with Gasteiger partial charge in [-0.15, -0.1) is 0 Å². The molecule has 1 saturated heterocycles. The number of carbonyl (C=O) groups is 4. The minimum Gasteiger partial charge on any atom is -0.748 e. The quantitative estimate of drug-likeness (QED) is 0.00970. The fourth-order valence-electron chi connectivity index (χ4n) is 15.1. The first-order valence-electron chi connectivity index (χ1n) is 43.9. The number of carboxylic acids is 2. The standard InChI is InChI=1S/C24H47NO3.C20H26I.2C18H15S.C13H20O5S.2C4H5F3O3/c1-2-3-4-5-6-7-8-9-10-11-12-13-14-15-16-17-24(26)28-23-20-25-18-21-27-22-19-25;1-19(2,3)15-7-11-17(12-8-15)21-18-13-9-16(10-14-18)20(4,5)6;2*1-4-10-16(11-5-1)19(17-12-6-2-7-13-17)18-14-8-3-9-15-18;14-12(18-1-2-19(15,16)17)13-6-9-3-10(7-13)5-11(4-9)8-13;2*1-3(10,2(8)9)4(5,6)7/h2-23H2,1H3;7-14H,1-6H3;2*1-15H;9-11H,1-8H2,(H,15,16,17);2*10H,1H3,(H,8,9)/q;3*+1;;;/p-3. The summed E-state index contributed by atoms with van der Waals surface area (Å²) >= 11 is -0.0703. The van der Waals surface area contributed by atoms with Crippen molar-refractivity contribution in [3.8, 4) is 0 Å². The Hall–Kier alpha value is -7.60. The molecule has 15 nitrogen and oxygen atoms in total. The SMILES string of the molecule is CC(C)(C)c1ccc([I+]c2ccc(C(C)(C)C)cc2)cc1.CC(O)(C(=O)[O-])C(F)(F)F.CC(O)(C(=O)[O-])C(F)(F)F.CCCCCCCCCCCCCCCCCC(=O)OCCN1CCOCC1.O=C(OCCS(=O)(=O)[O-])C12CC3CC(CC(C3)C1)C2.c1ccc([S+](c2ccccc2)c2ccccc2)cc1.c1ccc([S+](c2ccccc2)c2ccccc2)cc1. The molecule has 1 aliphatic heterocycles. The number of alkyl halides is 6. The van der Waals surface area contributed by atoms with Crippen molar-refractivity contribution < 1.29 is 114 Å². The van der Waals surface area contributed by atoms with E-state index in [0.29, 0.717) is 30.8 Å². The van der Waals surface area contributed by atoms with E-state index in [1.54, 1.807) is 0 Å². The van der Waals surface area contributed by atoms with Crippen LogP contribution in [0, 0.1) is 30.3 Å². The van der Waals surface area contributed by atoms with Gasteiger partial charge in [0.15, 0.2) is 47.7 Å². The number of benzene rings is 8. The van der Waals surface area contributed by atoms with Gasteiger partial charge in [0.05, 0.1) is 68.2 Å². The molecule has 5 fully saturated rings. The van der Waals surface area contributed by atoms with Gasteiger partial charge in [0, 0.05) is 26.1 Å². The molecule has 25 heteroatoms. The Balaban J connectivity index is 0.000000232. The van der Waals surface area contributed by atoms with Gasteiger partial charge in [-0.2, -0.15) is 26.3 Å². The summed E-state index contributed by atoms with van der Waals surface area (Å²) in [6.07, 6.45) is 16.8. The number of carboxylic acid groups (broad SMARTS) is 2. The number of carbonyl (C=O) groups excluding carboxylic acids is 4. The van der Waals surface area contributed by atoms with Gasteiger partial charge in [-0.3, -0.25) is 14.5 Å². The van der Waals surface area contributed by atoms with E-state index in [2.05, 4.69) is 284 Å². The van der Waals surface area contributed by atoms with Crippen molar-refractivity contribution in [3.05, 3.63) is 249 Å². The number of halogens is 7. The number of hydrogen-bond donors (Lipinski definition) is 2. The van der Waals surface area contributed by atoms with Crippen LogP contribution in [0.4, 0.5) is 26.3 Å². The molecule has 13 rings (SSSR count). The fraction of sp³-hybridized carbons (Fsp3) is 0.485. The lowest BCUT2D eigenvalue weighted by Crippen LogP contribution is -3.61. The summed E-state index contributed by atoms with van der Waals surface area (Å²) in [7, 11) is -4.33. The lowest BCUT2D eigenvalue weighted by molar-refractivity contribution is -0.597.